The summed E-state index contributed by atoms with van der Waals surface area (Å²) < 4.78 is 36.9. The summed E-state index contributed by atoms with van der Waals surface area (Å²) in [5, 5.41) is 14.3. The van der Waals surface area contributed by atoms with Crippen molar-refractivity contribution >= 4 is 12.1 Å². The monoisotopic (exact) mass is 839 g/mol. The lowest BCUT2D eigenvalue weighted by Crippen LogP contribution is -2.46. The summed E-state index contributed by atoms with van der Waals surface area (Å²) in [6, 6.07) is 39.9. The van der Waals surface area contributed by atoms with E-state index in [1.54, 1.807) is 14.2 Å². The van der Waals surface area contributed by atoms with Gasteiger partial charge in [0.2, 0.25) is 0 Å². The first-order valence-corrected chi connectivity index (χ1v) is 20.1. The number of amides is 1. The van der Waals surface area contributed by atoms with E-state index < -0.39 is 59.5 Å². The Morgan fingerprint density at radius 1 is 0.758 bits per heavy atom. The van der Waals surface area contributed by atoms with E-state index in [0.29, 0.717) is 22.6 Å². The minimum atomic E-state index is -1.63. The van der Waals surface area contributed by atoms with Crippen LogP contribution in [0.2, 0.25) is 0 Å². The van der Waals surface area contributed by atoms with E-state index >= 15 is 0 Å². The Morgan fingerprint density at radius 2 is 1.31 bits per heavy atom. The summed E-state index contributed by atoms with van der Waals surface area (Å²) in [6.45, 7) is 1.15. The number of fused-ring (bicyclic) bond motifs is 3. The summed E-state index contributed by atoms with van der Waals surface area (Å²) in [5.74, 6) is 0.128. The zero-order valence-electron chi connectivity index (χ0n) is 34.1. The van der Waals surface area contributed by atoms with Crippen LogP contribution >= 0.6 is 0 Å². The van der Waals surface area contributed by atoms with Crippen LogP contribution in [0.15, 0.2) is 149 Å². The van der Waals surface area contributed by atoms with Crippen LogP contribution in [0.25, 0.3) is 11.1 Å². The van der Waals surface area contributed by atoms with Crippen molar-refractivity contribution in [1.82, 2.24) is 14.9 Å². The largest absolute Gasteiger partial charge is 0.497 e. The number of carbonyl (C=O) groups excluding carboxylic acids is 2. The van der Waals surface area contributed by atoms with E-state index in [0.717, 1.165) is 38.5 Å². The molecule has 14 heteroatoms. The molecule has 5 aromatic carbocycles. The van der Waals surface area contributed by atoms with Gasteiger partial charge in [-0.05, 0) is 70.1 Å². The third-order valence-corrected chi connectivity index (χ3v) is 11.4. The van der Waals surface area contributed by atoms with Gasteiger partial charge in [-0.1, -0.05) is 103 Å². The highest BCUT2D eigenvalue weighted by Gasteiger charge is 2.50. The number of alkyl carbamates (subject to hydrolysis) is 1. The molecule has 62 heavy (non-hydrogen) atoms. The lowest BCUT2D eigenvalue weighted by Gasteiger charge is -2.37. The van der Waals surface area contributed by atoms with Gasteiger partial charge in [0.05, 0.1) is 20.8 Å². The highest BCUT2D eigenvalue weighted by Crippen LogP contribution is 2.45. The molecule has 0 unspecified atom stereocenters. The molecule has 6 aromatic rings. The third kappa shape index (κ3) is 8.10. The van der Waals surface area contributed by atoms with Crippen molar-refractivity contribution in [3.63, 3.8) is 0 Å². The van der Waals surface area contributed by atoms with Crippen molar-refractivity contribution in [2.75, 3.05) is 27.4 Å². The first-order valence-electron chi connectivity index (χ1n) is 20.1. The number of aromatic nitrogens is 2. The number of aliphatic hydroxyl groups is 1. The number of hydrogen-bond acceptors (Lipinski definition) is 11. The number of aromatic amines is 1. The number of H-pyrrole nitrogens is 1. The molecular weight excluding hydrogens is 795 g/mol. The number of methoxy groups -OCH3 is 2. The summed E-state index contributed by atoms with van der Waals surface area (Å²) in [5.41, 5.74) is 3.52. The number of nitrogens with zero attached hydrogens (tertiary/aromatic N) is 1. The molecule has 0 radical (unpaired) electrons. The van der Waals surface area contributed by atoms with Crippen molar-refractivity contribution in [3.05, 3.63) is 188 Å². The predicted molar refractivity (Wildman–Crippen MR) is 227 cm³/mol. The van der Waals surface area contributed by atoms with E-state index in [4.69, 9.17) is 28.4 Å². The van der Waals surface area contributed by atoms with Crippen LogP contribution in [0.5, 0.6) is 11.5 Å². The molecule has 318 valence electrons. The second-order valence-electron chi connectivity index (χ2n) is 15.0. The molecule has 2 aliphatic rings. The Labute approximate surface area is 356 Å². The fourth-order valence-electron chi connectivity index (χ4n) is 8.25. The van der Waals surface area contributed by atoms with Crippen molar-refractivity contribution in [2.24, 2.45) is 0 Å². The molecule has 1 amide bonds. The maximum atomic E-state index is 13.8. The van der Waals surface area contributed by atoms with Gasteiger partial charge >= 0.3 is 17.8 Å². The summed E-state index contributed by atoms with van der Waals surface area (Å²) in [7, 11) is 3.14. The van der Waals surface area contributed by atoms with E-state index in [-0.39, 0.29) is 19.1 Å². The lowest BCUT2D eigenvalue weighted by molar-refractivity contribution is -0.160. The van der Waals surface area contributed by atoms with E-state index in [1.807, 2.05) is 127 Å². The molecule has 1 aliphatic carbocycles. The second-order valence-corrected chi connectivity index (χ2v) is 15.0. The number of carbonyl (C=O) groups is 2. The van der Waals surface area contributed by atoms with Crippen LogP contribution in [0, 0.1) is 0 Å². The number of rotatable bonds is 14. The van der Waals surface area contributed by atoms with Crippen LogP contribution in [0.1, 0.15) is 46.9 Å². The Kier molecular flexibility index (Phi) is 12.1. The number of ether oxygens (including phenoxy) is 6. The molecule has 1 aliphatic heterocycles. The van der Waals surface area contributed by atoms with Gasteiger partial charge in [-0.3, -0.25) is 14.3 Å². The fraction of sp³-hybridized carbons (Fsp3) is 0.250. The quantitative estimate of drug-likeness (QED) is 0.0912. The summed E-state index contributed by atoms with van der Waals surface area (Å²) in [6.07, 6.45) is -5.34. The highest BCUT2D eigenvalue weighted by atomic mass is 16.6. The number of esters is 1. The van der Waals surface area contributed by atoms with Crippen LogP contribution in [-0.4, -0.2) is 78.5 Å². The van der Waals surface area contributed by atoms with Gasteiger partial charge in [0.15, 0.2) is 12.3 Å². The maximum absolute atomic E-state index is 13.8. The van der Waals surface area contributed by atoms with Gasteiger partial charge < -0.3 is 38.8 Å². The highest BCUT2D eigenvalue weighted by molar-refractivity contribution is 5.82. The van der Waals surface area contributed by atoms with Crippen LogP contribution in [-0.2, 0) is 29.3 Å². The molecule has 2 heterocycles. The van der Waals surface area contributed by atoms with E-state index in [9.17, 15) is 24.3 Å². The average molecular weight is 840 g/mol. The first kappa shape index (κ1) is 41.7. The van der Waals surface area contributed by atoms with Crippen LogP contribution in [0.3, 0.4) is 0 Å². The van der Waals surface area contributed by atoms with Crippen LogP contribution in [0.4, 0.5) is 4.79 Å². The maximum Gasteiger partial charge on any atom is 0.407 e. The number of benzene rings is 5. The molecule has 1 aromatic heterocycles. The lowest BCUT2D eigenvalue weighted by atomic mass is 9.80. The van der Waals surface area contributed by atoms with Crippen molar-refractivity contribution < 1.29 is 43.1 Å². The van der Waals surface area contributed by atoms with E-state index in [2.05, 4.69) is 10.3 Å². The van der Waals surface area contributed by atoms with Gasteiger partial charge in [0.25, 0.3) is 5.56 Å². The zero-order chi connectivity index (χ0) is 43.4. The normalized spacial score (nSPS) is 18.6. The molecule has 1 saturated heterocycles. The third-order valence-electron chi connectivity index (χ3n) is 11.4. The van der Waals surface area contributed by atoms with Crippen molar-refractivity contribution in [1.29, 1.82) is 0 Å². The zero-order valence-corrected chi connectivity index (χ0v) is 34.1. The smallest absolute Gasteiger partial charge is 0.407 e. The first-order chi connectivity index (χ1) is 30.1. The minimum absolute atomic E-state index is 0.0252. The average Bonchev–Trinajstić information content (AvgIpc) is 3.79. The molecule has 0 saturated carbocycles. The topological polar surface area (TPSA) is 177 Å². The number of aliphatic hydroxyl groups excluding tert-OH is 1. The Balaban J connectivity index is 1.06. The SMILES string of the molecule is COc1ccc(C(OC[C@H]2O[C@@H](n3ccc(=O)[nH]c3=O)[C@H](O)[C@@H]2OC(=O)[C@H](C)NC(=O)OCC2c3ccccc3-c3ccccc32)(c2ccccc2)c2ccc(OC)cc2)cc1. The fourth-order valence-corrected chi connectivity index (χ4v) is 8.25. The van der Waals surface area contributed by atoms with Crippen molar-refractivity contribution in [2.45, 2.75) is 49.0 Å². The molecule has 8 rings (SSSR count). The minimum Gasteiger partial charge on any atom is -0.497 e. The predicted octanol–water partition coefficient (Wildman–Crippen LogP) is 5.66. The molecule has 0 spiro atoms. The van der Waals surface area contributed by atoms with Gasteiger partial charge in [-0.15, -0.1) is 0 Å². The number of hydrogen-bond donors (Lipinski definition) is 3. The van der Waals surface area contributed by atoms with Gasteiger partial charge in [0, 0.05) is 18.2 Å². The van der Waals surface area contributed by atoms with Crippen molar-refractivity contribution in [3.8, 4) is 22.6 Å². The molecule has 1 fully saturated rings. The van der Waals surface area contributed by atoms with Gasteiger partial charge in [0.1, 0.15) is 42.0 Å². The second kappa shape index (κ2) is 17.9. The molecule has 14 nitrogen and oxygen atoms in total. The van der Waals surface area contributed by atoms with Gasteiger partial charge in [-0.25, -0.2) is 14.4 Å². The van der Waals surface area contributed by atoms with Gasteiger partial charge in [-0.2, -0.15) is 0 Å². The molecular formula is C48H45N3O11. The van der Waals surface area contributed by atoms with Crippen LogP contribution < -0.4 is 26.0 Å². The Bertz CT molecular complexity index is 2550. The molecule has 3 N–H and O–H groups in total. The van der Waals surface area contributed by atoms with E-state index in [1.165, 1.54) is 13.1 Å². The summed E-state index contributed by atoms with van der Waals surface area (Å²) in [4.78, 5) is 54.2. The standard InChI is InChI=1S/C48H45N3O11/c1-29(49-47(56)59-27-39-37-15-9-7-13-35(37)36-14-8-10-16-38(36)39)45(54)62-43-40(61-44(42(43)53)51-26-25-41(52)50-46(51)55)28-60-48(30-11-5-4-6-12-30,31-17-21-33(57-2)22-18-31)32-19-23-34(58-3)24-20-32/h4-26,29,39-40,42-44,53H,27-28H2,1-3H3,(H,49,56)(H,50,52,55)/t29-,40+,42+,43+,44+/m0/s1. The molecule has 5 atom stereocenters. The Hall–Kier alpha value is -7.00. The Morgan fingerprint density at radius 3 is 1.87 bits per heavy atom. The molecule has 0 bridgehead atoms. The summed E-state index contributed by atoms with van der Waals surface area (Å²) >= 11 is 0. The number of nitrogens with one attached hydrogen (secondary N) is 2.